The molecule has 1 saturated heterocycles. The Labute approximate surface area is 166 Å². The van der Waals surface area contributed by atoms with Crippen LogP contribution in [0.2, 0.25) is 0 Å². The van der Waals surface area contributed by atoms with Gasteiger partial charge in [-0.2, -0.15) is 4.31 Å². The minimum Gasteiger partial charge on any atom is -0.352 e. The lowest BCUT2D eigenvalue weighted by atomic mass is 10.2. The van der Waals surface area contributed by atoms with Gasteiger partial charge in [0.15, 0.2) is 0 Å². The largest absolute Gasteiger partial charge is 0.352 e. The van der Waals surface area contributed by atoms with E-state index in [4.69, 9.17) is 5.73 Å². The lowest BCUT2D eigenvalue weighted by Gasteiger charge is -2.33. The molecule has 0 radical (unpaired) electrons. The van der Waals surface area contributed by atoms with Crippen LogP contribution in [0.25, 0.3) is 0 Å². The van der Waals surface area contributed by atoms with E-state index in [1.807, 2.05) is 0 Å². The molecule has 1 aromatic carbocycles. The predicted octanol–water partition coefficient (Wildman–Crippen LogP) is 0.430. The third-order valence-corrected chi connectivity index (χ3v) is 6.27. The molecule has 0 aromatic heterocycles. The zero-order chi connectivity index (χ0) is 19.2. The van der Waals surface area contributed by atoms with Gasteiger partial charge in [0.05, 0.1) is 4.90 Å². The van der Waals surface area contributed by atoms with Crippen LogP contribution in [0.15, 0.2) is 29.2 Å². The normalized spacial score (nSPS) is 15.1. The van der Waals surface area contributed by atoms with Gasteiger partial charge in [-0.05, 0) is 43.7 Å². The molecular formula is C17H27ClN4O4S. The van der Waals surface area contributed by atoms with Crippen LogP contribution in [0.5, 0.6) is 0 Å². The Morgan fingerprint density at radius 1 is 1.07 bits per heavy atom. The quantitative estimate of drug-likeness (QED) is 0.623. The molecule has 0 atom stereocenters. The maximum absolute atomic E-state index is 12.7. The number of amides is 2. The van der Waals surface area contributed by atoms with E-state index < -0.39 is 10.0 Å². The first kappa shape index (κ1) is 23.4. The molecule has 10 heteroatoms. The molecule has 3 N–H and O–H groups in total. The number of hydrogen-bond donors (Lipinski definition) is 2. The number of hydrogen-bond acceptors (Lipinski definition) is 5. The second-order valence-electron chi connectivity index (χ2n) is 6.19. The van der Waals surface area contributed by atoms with Gasteiger partial charge >= 0.3 is 0 Å². The SMILES string of the molecule is CC(=O)N1CCN(S(=O)(=O)c2ccc(C(=O)NCCCCN)cc2)CC1.Cl. The van der Waals surface area contributed by atoms with E-state index in [9.17, 15) is 18.0 Å². The van der Waals surface area contributed by atoms with Crippen LogP contribution in [0.1, 0.15) is 30.1 Å². The summed E-state index contributed by atoms with van der Waals surface area (Å²) in [6.07, 6.45) is 1.65. The summed E-state index contributed by atoms with van der Waals surface area (Å²) in [6.45, 7) is 3.91. The molecular weight excluding hydrogens is 392 g/mol. The number of benzene rings is 1. The molecule has 1 heterocycles. The third kappa shape index (κ3) is 6.17. The van der Waals surface area contributed by atoms with Crippen LogP contribution in [0.3, 0.4) is 0 Å². The molecule has 1 aromatic rings. The molecule has 0 spiro atoms. The Kier molecular flexibility index (Phi) is 9.17. The van der Waals surface area contributed by atoms with Gasteiger partial charge in [0.1, 0.15) is 0 Å². The number of rotatable bonds is 7. The highest BCUT2D eigenvalue weighted by molar-refractivity contribution is 7.89. The minimum absolute atomic E-state index is 0. The van der Waals surface area contributed by atoms with Crippen molar-refractivity contribution >= 4 is 34.2 Å². The monoisotopic (exact) mass is 418 g/mol. The Bertz CT molecular complexity index is 732. The van der Waals surface area contributed by atoms with Crippen LogP contribution < -0.4 is 11.1 Å². The second-order valence-corrected chi connectivity index (χ2v) is 8.12. The fourth-order valence-corrected chi connectivity index (χ4v) is 4.17. The summed E-state index contributed by atoms with van der Waals surface area (Å²) in [5, 5.41) is 2.78. The third-order valence-electron chi connectivity index (χ3n) is 4.35. The number of nitrogens with one attached hydrogen (secondary N) is 1. The summed E-state index contributed by atoms with van der Waals surface area (Å²) >= 11 is 0. The van der Waals surface area contributed by atoms with Crippen molar-refractivity contribution in [1.82, 2.24) is 14.5 Å². The van der Waals surface area contributed by atoms with E-state index in [0.717, 1.165) is 12.8 Å². The van der Waals surface area contributed by atoms with E-state index in [2.05, 4.69) is 5.32 Å². The predicted molar refractivity (Wildman–Crippen MR) is 105 cm³/mol. The zero-order valence-corrected chi connectivity index (χ0v) is 17.0. The van der Waals surface area contributed by atoms with Gasteiger partial charge in [0.2, 0.25) is 15.9 Å². The van der Waals surface area contributed by atoms with Crippen molar-refractivity contribution in [2.45, 2.75) is 24.7 Å². The van der Waals surface area contributed by atoms with E-state index in [1.54, 1.807) is 4.90 Å². The maximum atomic E-state index is 12.7. The van der Waals surface area contributed by atoms with Crippen LogP contribution in [-0.2, 0) is 14.8 Å². The van der Waals surface area contributed by atoms with Gasteiger partial charge in [-0.15, -0.1) is 12.4 Å². The van der Waals surface area contributed by atoms with E-state index >= 15 is 0 Å². The Balaban J connectivity index is 0.00000364. The fraction of sp³-hybridized carbons (Fsp3) is 0.529. The number of halogens is 1. The van der Waals surface area contributed by atoms with Gasteiger partial charge in [-0.25, -0.2) is 8.42 Å². The molecule has 8 nitrogen and oxygen atoms in total. The van der Waals surface area contributed by atoms with Crippen LogP contribution in [0, 0.1) is 0 Å². The summed E-state index contributed by atoms with van der Waals surface area (Å²) in [5.74, 6) is -0.287. The average molecular weight is 419 g/mol. The smallest absolute Gasteiger partial charge is 0.251 e. The van der Waals surface area contributed by atoms with Gasteiger partial charge in [0, 0.05) is 45.2 Å². The fourth-order valence-electron chi connectivity index (χ4n) is 2.74. The average Bonchev–Trinajstić information content (AvgIpc) is 2.65. The number of nitrogens with zero attached hydrogens (tertiary/aromatic N) is 2. The summed E-state index contributed by atoms with van der Waals surface area (Å²) in [5.41, 5.74) is 5.82. The molecule has 2 amide bonds. The summed E-state index contributed by atoms with van der Waals surface area (Å²) in [6, 6.07) is 5.91. The first-order valence-electron chi connectivity index (χ1n) is 8.70. The number of unbranched alkanes of at least 4 members (excludes halogenated alkanes) is 1. The number of piperazine rings is 1. The number of sulfonamides is 1. The maximum Gasteiger partial charge on any atom is 0.251 e. The van der Waals surface area contributed by atoms with Crippen LogP contribution in [-0.4, -0.2) is 68.7 Å². The lowest BCUT2D eigenvalue weighted by molar-refractivity contribution is -0.129. The van der Waals surface area contributed by atoms with Crippen LogP contribution >= 0.6 is 12.4 Å². The molecule has 152 valence electrons. The summed E-state index contributed by atoms with van der Waals surface area (Å²) < 4.78 is 26.8. The van der Waals surface area contributed by atoms with Crippen molar-refractivity contribution in [1.29, 1.82) is 0 Å². The molecule has 2 rings (SSSR count). The standard InChI is InChI=1S/C17H26N4O4S.ClH/c1-14(22)20-10-12-21(13-11-20)26(24,25)16-6-4-15(5-7-16)17(23)19-9-3-2-8-18;/h4-7H,2-3,8-13,18H2,1H3,(H,19,23);1H. The molecule has 1 aliphatic rings. The molecule has 1 fully saturated rings. The Morgan fingerprint density at radius 2 is 1.67 bits per heavy atom. The van der Waals surface area contributed by atoms with Crippen molar-refractivity contribution < 1.29 is 18.0 Å². The zero-order valence-electron chi connectivity index (χ0n) is 15.4. The molecule has 0 bridgehead atoms. The topological polar surface area (TPSA) is 113 Å². The summed E-state index contributed by atoms with van der Waals surface area (Å²) in [7, 11) is -3.63. The number of carbonyl (C=O) groups excluding carboxylic acids is 2. The second kappa shape index (κ2) is 10.6. The van der Waals surface area contributed by atoms with E-state index in [1.165, 1.54) is 35.5 Å². The van der Waals surface area contributed by atoms with Gasteiger partial charge in [0.25, 0.3) is 5.91 Å². The molecule has 27 heavy (non-hydrogen) atoms. The number of nitrogens with two attached hydrogens (primary N) is 1. The van der Waals surface area contributed by atoms with Gasteiger partial charge < -0.3 is 16.0 Å². The van der Waals surface area contributed by atoms with Crippen molar-refractivity contribution in [3.63, 3.8) is 0 Å². The lowest BCUT2D eigenvalue weighted by Crippen LogP contribution is -2.49. The van der Waals surface area contributed by atoms with Gasteiger partial charge in [-0.1, -0.05) is 0 Å². The first-order valence-corrected chi connectivity index (χ1v) is 10.1. The van der Waals surface area contributed by atoms with Crippen LogP contribution in [0.4, 0.5) is 0 Å². The molecule has 0 aliphatic carbocycles. The molecule has 0 saturated carbocycles. The molecule has 0 unspecified atom stereocenters. The highest BCUT2D eigenvalue weighted by Crippen LogP contribution is 2.18. The number of carbonyl (C=O) groups is 2. The highest BCUT2D eigenvalue weighted by Gasteiger charge is 2.29. The van der Waals surface area contributed by atoms with Crippen molar-refractivity contribution in [3.05, 3.63) is 29.8 Å². The Morgan fingerprint density at radius 3 is 2.19 bits per heavy atom. The van der Waals surface area contributed by atoms with E-state index in [0.29, 0.717) is 31.7 Å². The van der Waals surface area contributed by atoms with Crippen molar-refractivity contribution in [2.24, 2.45) is 5.73 Å². The van der Waals surface area contributed by atoms with Gasteiger partial charge in [-0.3, -0.25) is 9.59 Å². The summed E-state index contributed by atoms with van der Waals surface area (Å²) in [4.78, 5) is 25.2. The van der Waals surface area contributed by atoms with Crippen molar-refractivity contribution in [3.8, 4) is 0 Å². The minimum atomic E-state index is -3.63. The Hall–Kier alpha value is -1.68. The molecule has 1 aliphatic heterocycles. The first-order chi connectivity index (χ1) is 12.4. The van der Waals surface area contributed by atoms with Crippen molar-refractivity contribution in [2.75, 3.05) is 39.3 Å². The highest BCUT2D eigenvalue weighted by atomic mass is 35.5. The van der Waals surface area contributed by atoms with E-state index in [-0.39, 0.29) is 42.2 Å².